The minimum Gasteiger partial charge on any atom is -0.330 e. The first-order valence-corrected chi connectivity index (χ1v) is 7.16. The summed E-state index contributed by atoms with van der Waals surface area (Å²) < 4.78 is 1.06. The van der Waals surface area contributed by atoms with E-state index in [1.54, 1.807) is 0 Å². The predicted octanol–water partition coefficient (Wildman–Crippen LogP) is 1.55. The van der Waals surface area contributed by atoms with E-state index in [0.717, 1.165) is 10.5 Å². The standard InChI is InChI=1S/C14H32N3/c1-13(2)16(10-11-17(3,4)5)12-14-8-6-7-9-15-14/h13-15H,6-12H2,1-5H3/q+1. The van der Waals surface area contributed by atoms with Gasteiger partial charge in [0.05, 0.1) is 27.7 Å². The van der Waals surface area contributed by atoms with Crippen molar-refractivity contribution in [3.05, 3.63) is 0 Å². The lowest BCUT2D eigenvalue weighted by Crippen LogP contribution is -2.49. The number of nitrogens with zero attached hydrogens (tertiary/aromatic N) is 2. The van der Waals surface area contributed by atoms with Crippen molar-refractivity contribution >= 4 is 0 Å². The molecule has 0 aromatic heterocycles. The van der Waals surface area contributed by atoms with Gasteiger partial charge >= 0.3 is 0 Å². The molecule has 0 amide bonds. The van der Waals surface area contributed by atoms with Crippen molar-refractivity contribution in [3.8, 4) is 0 Å². The predicted molar refractivity (Wildman–Crippen MR) is 75.3 cm³/mol. The van der Waals surface area contributed by atoms with E-state index in [0.29, 0.717) is 6.04 Å². The van der Waals surface area contributed by atoms with Gasteiger partial charge in [-0.05, 0) is 33.2 Å². The fourth-order valence-corrected chi connectivity index (χ4v) is 2.35. The minimum absolute atomic E-state index is 0.658. The van der Waals surface area contributed by atoms with Crippen molar-refractivity contribution < 1.29 is 4.48 Å². The number of nitrogens with one attached hydrogen (secondary N) is 1. The first kappa shape index (κ1) is 14.9. The van der Waals surface area contributed by atoms with Crippen LogP contribution in [0.1, 0.15) is 33.1 Å². The van der Waals surface area contributed by atoms with Gasteiger partial charge in [0.1, 0.15) is 0 Å². The van der Waals surface area contributed by atoms with Crippen LogP contribution in [0.25, 0.3) is 0 Å². The van der Waals surface area contributed by atoms with Crippen LogP contribution in [0.4, 0.5) is 0 Å². The molecule has 1 rings (SSSR count). The summed E-state index contributed by atoms with van der Waals surface area (Å²) in [5.41, 5.74) is 0. The SMILES string of the molecule is CC(C)N(CC[N+](C)(C)C)CC1CCCCN1. The second-order valence-electron chi connectivity index (χ2n) is 6.75. The summed E-state index contributed by atoms with van der Waals surface area (Å²) in [6.45, 7) is 9.50. The van der Waals surface area contributed by atoms with E-state index in [9.17, 15) is 0 Å². The third kappa shape index (κ3) is 6.39. The molecule has 3 nitrogen and oxygen atoms in total. The largest absolute Gasteiger partial charge is 0.330 e. The Bertz CT molecular complexity index is 202. The highest BCUT2D eigenvalue weighted by atomic mass is 15.3. The Labute approximate surface area is 108 Å². The van der Waals surface area contributed by atoms with Crippen LogP contribution < -0.4 is 5.32 Å². The number of hydrogen-bond donors (Lipinski definition) is 1. The molecule has 3 heteroatoms. The molecule has 1 N–H and O–H groups in total. The van der Waals surface area contributed by atoms with Gasteiger partial charge in [-0.2, -0.15) is 0 Å². The summed E-state index contributed by atoms with van der Waals surface area (Å²) in [6, 6.07) is 1.38. The lowest BCUT2D eigenvalue weighted by Gasteiger charge is -2.35. The molecule has 17 heavy (non-hydrogen) atoms. The van der Waals surface area contributed by atoms with Gasteiger partial charge in [-0.1, -0.05) is 6.42 Å². The molecule has 1 heterocycles. The van der Waals surface area contributed by atoms with Crippen LogP contribution in [0.2, 0.25) is 0 Å². The fourth-order valence-electron chi connectivity index (χ4n) is 2.35. The van der Waals surface area contributed by atoms with Crippen molar-refractivity contribution in [3.63, 3.8) is 0 Å². The highest BCUT2D eigenvalue weighted by molar-refractivity contribution is 4.77. The van der Waals surface area contributed by atoms with Crippen molar-refractivity contribution in [2.75, 3.05) is 47.3 Å². The third-order valence-corrected chi connectivity index (χ3v) is 3.66. The number of likely N-dealkylation sites (N-methyl/N-ethyl adjacent to an activating group) is 1. The van der Waals surface area contributed by atoms with Crippen LogP contribution in [0.3, 0.4) is 0 Å². The Hall–Kier alpha value is -0.120. The van der Waals surface area contributed by atoms with E-state index >= 15 is 0 Å². The van der Waals surface area contributed by atoms with E-state index in [2.05, 4.69) is 45.2 Å². The monoisotopic (exact) mass is 242 g/mol. The molecule has 102 valence electrons. The fraction of sp³-hybridized carbons (Fsp3) is 1.00. The van der Waals surface area contributed by atoms with Crippen LogP contribution in [-0.4, -0.2) is 68.8 Å². The van der Waals surface area contributed by atoms with Crippen molar-refractivity contribution in [1.82, 2.24) is 10.2 Å². The van der Waals surface area contributed by atoms with Crippen LogP contribution in [0.5, 0.6) is 0 Å². The Morgan fingerprint density at radius 3 is 2.41 bits per heavy atom. The molecule has 0 saturated carbocycles. The quantitative estimate of drug-likeness (QED) is 0.711. The van der Waals surface area contributed by atoms with Gasteiger partial charge in [0.2, 0.25) is 0 Å². The average Bonchev–Trinajstić information content (AvgIpc) is 2.24. The lowest BCUT2D eigenvalue weighted by molar-refractivity contribution is -0.869. The van der Waals surface area contributed by atoms with Crippen molar-refractivity contribution in [1.29, 1.82) is 0 Å². The molecule has 1 aliphatic rings. The van der Waals surface area contributed by atoms with Gasteiger partial charge in [0, 0.05) is 25.2 Å². The molecule has 1 fully saturated rings. The molecule has 1 aliphatic heterocycles. The second kappa shape index (κ2) is 6.72. The third-order valence-electron chi connectivity index (χ3n) is 3.66. The summed E-state index contributed by atoms with van der Waals surface area (Å²) in [4.78, 5) is 2.63. The van der Waals surface area contributed by atoms with Crippen molar-refractivity contribution in [2.45, 2.75) is 45.2 Å². The van der Waals surface area contributed by atoms with Crippen LogP contribution in [0.15, 0.2) is 0 Å². The number of quaternary nitrogens is 1. The highest BCUT2D eigenvalue weighted by Crippen LogP contribution is 2.10. The smallest absolute Gasteiger partial charge is 0.0909 e. The molecule has 0 spiro atoms. The molecule has 0 bridgehead atoms. The van der Waals surface area contributed by atoms with E-state index < -0.39 is 0 Å². The second-order valence-corrected chi connectivity index (χ2v) is 6.75. The Morgan fingerprint density at radius 1 is 1.24 bits per heavy atom. The molecular weight excluding hydrogens is 210 g/mol. The molecule has 1 atom stereocenters. The topological polar surface area (TPSA) is 15.3 Å². The first-order chi connectivity index (χ1) is 7.88. The number of piperidine rings is 1. The van der Waals surface area contributed by atoms with Gasteiger partial charge in [-0.25, -0.2) is 0 Å². The molecule has 0 aliphatic carbocycles. The zero-order valence-corrected chi connectivity index (χ0v) is 12.5. The maximum atomic E-state index is 3.65. The first-order valence-electron chi connectivity index (χ1n) is 7.16. The zero-order valence-electron chi connectivity index (χ0n) is 12.5. The molecule has 1 unspecified atom stereocenters. The maximum absolute atomic E-state index is 3.65. The Morgan fingerprint density at radius 2 is 1.94 bits per heavy atom. The molecular formula is C14H32N3+. The van der Waals surface area contributed by atoms with E-state index in [-0.39, 0.29) is 0 Å². The Balaban J connectivity index is 2.37. The van der Waals surface area contributed by atoms with Crippen LogP contribution in [-0.2, 0) is 0 Å². The van der Waals surface area contributed by atoms with Crippen molar-refractivity contribution in [2.24, 2.45) is 0 Å². The van der Waals surface area contributed by atoms with Gasteiger partial charge < -0.3 is 9.80 Å². The van der Waals surface area contributed by atoms with Gasteiger partial charge in [0.25, 0.3) is 0 Å². The highest BCUT2D eigenvalue weighted by Gasteiger charge is 2.20. The Kier molecular flexibility index (Phi) is 5.90. The summed E-state index contributed by atoms with van der Waals surface area (Å²) in [7, 11) is 6.83. The lowest BCUT2D eigenvalue weighted by atomic mass is 10.0. The number of hydrogen-bond acceptors (Lipinski definition) is 2. The van der Waals surface area contributed by atoms with Gasteiger partial charge in [-0.15, -0.1) is 0 Å². The number of rotatable bonds is 6. The summed E-state index contributed by atoms with van der Waals surface area (Å²) >= 11 is 0. The van der Waals surface area contributed by atoms with Crippen LogP contribution >= 0.6 is 0 Å². The van der Waals surface area contributed by atoms with Gasteiger partial charge in [0.15, 0.2) is 0 Å². The summed E-state index contributed by atoms with van der Waals surface area (Å²) in [6.07, 6.45) is 4.11. The van der Waals surface area contributed by atoms with Crippen LogP contribution in [0, 0.1) is 0 Å². The summed E-state index contributed by atoms with van der Waals surface area (Å²) in [5.74, 6) is 0. The zero-order chi connectivity index (χ0) is 12.9. The normalized spacial score (nSPS) is 22.4. The molecule has 0 aromatic rings. The maximum Gasteiger partial charge on any atom is 0.0909 e. The molecule has 0 radical (unpaired) electrons. The average molecular weight is 242 g/mol. The van der Waals surface area contributed by atoms with E-state index in [4.69, 9.17) is 0 Å². The van der Waals surface area contributed by atoms with E-state index in [1.807, 2.05) is 0 Å². The minimum atomic E-state index is 0.658. The molecule has 1 saturated heterocycles. The van der Waals surface area contributed by atoms with E-state index in [1.165, 1.54) is 45.4 Å². The summed E-state index contributed by atoms with van der Waals surface area (Å²) in [5, 5.41) is 3.65. The van der Waals surface area contributed by atoms with Gasteiger partial charge in [-0.3, -0.25) is 4.90 Å². The molecule has 0 aromatic carbocycles.